The summed E-state index contributed by atoms with van der Waals surface area (Å²) in [6.45, 7) is 1.76. The van der Waals surface area contributed by atoms with Crippen molar-refractivity contribution in [2.45, 2.75) is 31.1 Å². The maximum atomic E-state index is 14.8. The van der Waals surface area contributed by atoms with E-state index in [1.165, 1.54) is 5.56 Å². The minimum absolute atomic E-state index is 0.170. The third-order valence-corrected chi connectivity index (χ3v) is 5.26. The SMILES string of the molecule is FC1(F)Cc2ccc3c(c2C1c1ccc(Cl)cc1)CCNCC3. The molecule has 2 aromatic rings. The molecule has 1 aliphatic carbocycles. The van der Waals surface area contributed by atoms with Gasteiger partial charge in [-0.05, 0) is 65.9 Å². The van der Waals surface area contributed by atoms with Crippen molar-refractivity contribution in [3.8, 4) is 0 Å². The summed E-state index contributed by atoms with van der Waals surface area (Å²) < 4.78 is 29.6. The first-order valence-corrected chi connectivity index (χ1v) is 8.41. The smallest absolute Gasteiger partial charge is 0.262 e. The number of rotatable bonds is 1. The average Bonchev–Trinajstić information content (AvgIpc) is 2.67. The van der Waals surface area contributed by atoms with Crippen LogP contribution in [0.3, 0.4) is 0 Å². The van der Waals surface area contributed by atoms with Crippen LogP contribution in [-0.4, -0.2) is 19.0 Å². The molecule has 4 rings (SSSR count). The molecule has 1 unspecified atom stereocenters. The molecule has 0 aromatic heterocycles. The topological polar surface area (TPSA) is 12.0 Å². The summed E-state index contributed by atoms with van der Waals surface area (Å²) in [6.07, 6.45) is 1.55. The summed E-state index contributed by atoms with van der Waals surface area (Å²) in [5.74, 6) is -3.60. The lowest BCUT2D eigenvalue weighted by atomic mass is 9.85. The van der Waals surface area contributed by atoms with Crippen LogP contribution in [0.1, 0.15) is 33.7 Å². The second-order valence-electron chi connectivity index (χ2n) is 6.45. The van der Waals surface area contributed by atoms with Gasteiger partial charge in [0.05, 0.1) is 5.92 Å². The quantitative estimate of drug-likeness (QED) is 0.818. The molecule has 1 nitrogen and oxygen atoms in total. The Morgan fingerprint density at radius 2 is 1.65 bits per heavy atom. The van der Waals surface area contributed by atoms with Crippen molar-refractivity contribution >= 4 is 11.6 Å². The second kappa shape index (κ2) is 5.57. The van der Waals surface area contributed by atoms with E-state index in [4.69, 9.17) is 11.6 Å². The predicted octanol–water partition coefficient (Wildman–Crippen LogP) is 4.35. The van der Waals surface area contributed by atoms with E-state index in [0.29, 0.717) is 10.6 Å². The van der Waals surface area contributed by atoms with Crippen LogP contribution in [0, 0.1) is 0 Å². The third-order valence-electron chi connectivity index (χ3n) is 5.01. The molecule has 0 spiro atoms. The van der Waals surface area contributed by atoms with Crippen LogP contribution in [0.25, 0.3) is 0 Å². The molecule has 1 heterocycles. The van der Waals surface area contributed by atoms with Gasteiger partial charge in [-0.2, -0.15) is 0 Å². The first kappa shape index (κ1) is 15.1. The van der Waals surface area contributed by atoms with E-state index in [1.54, 1.807) is 24.3 Å². The highest BCUT2D eigenvalue weighted by Gasteiger charge is 2.49. The first-order valence-electron chi connectivity index (χ1n) is 8.04. The molecule has 0 radical (unpaired) electrons. The predicted molar refractivity (Wildman–Crippen MR) is 88.7 cm³/mol. The fourth-order valence-corrected chi connectivity index (χ4v) is 4.12. The molecule has 0 saturated carbocycles. The highest BCUT2D eigenvalue weighted by atomic mass is 35.5. The van der Waals surface area contributed by atoms with Gasteiger partial charge >= 0.3 is 0 Å². The summed E-state index contributed by atoms with van der Waals surface area (Å²) in [5.41, 5.74) is 4.66. The number of fused-ring (bicyclic) bond motifs is 3. The van der Waals surface area contributed by atoms with Gasteiger partial charge < -0.3 is 5.32 Å². The van der Waals surface area contributed by atoms with Crippen molar-refractivity contribution in [3.05, 3.63) is 69.2 Å². The van der Waals surface area contributed by atoms with Crippen molar-refractivity contribution in [1.82, 2.24) is 5.32 Å². The zero-order chi connectivity index (χ0) is 16.0. The Labute approximate surface area is 139 Å². The van der Waals surface area contributed by atoms with Gasteiger partial charge in [-0.15, -0.1) is 0 Å². The number of hydrogen-bond acceptors (Lipinski definition) is 1. The Hall–Kier alpha value is -1.45. The minimum Gasteiger partial charge on any atom is -0.316 e. The maximum Gasteiger partial charge on any atom is 0.262 e. The Balaban J connectivity index is 1.89. The number of halogens is 3. The molecular formula is C19H18ClF2N. The maximum absolute atomic E-state index is 14.8. The van der Waals surface area contributed by atoms with Gasteiger partial charge in [-0.25, -0.2) is 8.78 Å². The highest BCUT2D eigenvalue weighted by molar-refractivity contribution is 6.30. The van der Waals surface area contributed by atoms with Gasteiger partial charge in [0.25, 0.3) is 5.92 Å². The van der Waals surface area contributed by atoms with E-state index in [0.717, 1.165) is 42.6 Å². The molecule has 1 atom stereocenters. The van der Waals surface area contributed by atoms with E-state index >= 15 is 0 Å². The summed E-state index contributed by atoms with van der Waals surface area (Å²) in [4.78, 5) is 0. The van der Waals surface area contributed by atoms with E-state index in [2.05, 4.69) is 5.32 Å². The van der Waals surface area contributed by atoms with E-state index < -0.39 is 11.8 Å². The van der Waals surface area contributed by atoms with E-state index in [1.807, 2.05) is 12.1 Å². The molecular weight excluding hydrogens is 316 g/mol. The normalized spacial score (nSPS) is 22.3. The minimum atomic E-state index is -2.75. The lowest BCUT2D eigenvalue weighted by Crippen LogP contribution is -2.24. The second-order valence-corrected chi connectivity index (χ2v) is 6.88. The Kier molecular flexibility index (Phi) is 3.66. The molecule has 0 amide bonds. The summed E-state index contributed by atoms with van der Waals surface area (Å²) in [7, 11) is 0. The van der Waals surface area contributed by atoms with Crippen LogP contribution >= 0.6 is 11.6 Å². The number of benzene rings is 2. The molecule has 0 saturated heterocycles. The van der Waals surface area contributed by atoms with Crippen LogP contribution in [0.2, 0.25) is 5.02 Å². The van der Waals surface area contributed by atoms with Gasteiger partial charge in [0, 0.05) is 11.4 Å². The third kappa shape index (κ3) is 2.56. The van der Waals surface area contributed by atoms with Crippen molar-refractivity contribution in [3.63, 3.8) is 0 Å². The molecule has 0 bridgehead atoms. The lowest BCUT2D eigenvalue weighted by Gasteiger charge is -2.23. The van der Waals surface area contributed by atoms with Crippen molar-refractivity contribution < 1.29 is 8.78 Å². The van der Waals surface area contributed by atoms with Crippen LogP contribution in [0.4, 0.5) is 8.78 Å². The largest absolute Gasteiger partial charge is 0.316 e. The average molecular weight is 334 g/mol. The first-order chi connectivity index (χ1) is 11.1. The Morgan fingerprint density at radius 1 is 0.957 bits per heavy atom. The van der Waals surface area contributed by atoms with Gasteiger partial charge in [0.1, 0.15) is 0 Å². The Bertz CT molecular complexity index is 740. The summed E-state index contributed by atoms with van der Waals surface area (Å²) in [6, 6.07) is 10.8. The summed E-state index contributed by atoms with van der Waals surface area (Å²) >= 11 is 5.93. The lowest BCUT2D eigenvalue weighted by molar-refractivity contribution is -0.00371. The van der Waals surface area contributed by atoms with Crippen LogP contribution in [-0.2, 0) is 19.3 Å². The molecule has 2 aliphatic rings. The molecule has 4 heteroatoms. The van der Waals surface area contributed by atoms with Crippen LogP contribution in [0.15, 0.2) is 36.4 Å². The molecule has 1 aliphatic heterocycles. The van der Waals surface area contributed by atoms with Gasteiger partial charge in [0.15, 0.2) is 0 Å². The fraction of sp³-hybridized carbons (Fsp3) is 0.368. The molecule has 2 aromatic carbocycles. The van der Waals surface area contributed by atoms with E-state index in [-0.39, 0.29) is 6.42 Å². The van der Waals surface area contributed by atoms with Gasteiger partial charge in [-0.1, -0.05) is 35.9 Å². The number of alkyl halides is 2. The van der Waals surface area contributed by atoms with Crippen molar-refractivity contribution in [2.75, 3.05) is 13.1 Å². The van der Waals surface area contributed by atoms with Crippen molar-refractivity contribution in [2.24, 2.45) is 0 Å². The zero-order valence-corrected chi connectivity index (χ0v) is 13.5. The molecule has 23 heavy (non-hydrogen) atoms. The molecule has 1 N–H and O–H groups in total. The van der Waals surface area contributed by atoms with E-state index in [9.17, 15) is 8.78 Å². The van der Waals surface area contributed by atoms with Gasteiger partial charge in [0.2, 0.25) is 0 Å². The monoisotopic (exact) mass is 333 g/mol. The zero-order valence-electron chi connectivity index (χ0n) is 12.7. The number of nitrogens with one attached hydrogen (secondary N) is 1. The highest BCUT2D eigenvalue weighted by Crippen LogP contribution is 2.50. The molecule has 120 valence electrons. The van der Waals surface area contributed by atoms with Gasteiger partial charge in [-0.3, -0.25) is 0 Å². The standard InChI is InChI=1S/C19H18ClF2N/c20-15-5-3-13(4-6-15)18-17-14(11-19(18,21)22)2-1-12-7-9-23-10-8-16(12)17/h1-6,18,23H,7-11H2. The fourth-order valence-electron chi connectivity index (χ4n) is 4.00. The number of hydrogen-bond donors (Lipinski definition) is 1. The Morgan fingerprint density at radius 3 is 2.43 bits per heavy atom. The van der Waals surface area contributed by atoms with Crippen molar-refractivity contribution in [1.29, 1.82) is 0 Å². The van der Waals surface area contributed by atoms with Crippen LogP contribution in [0.5, 0.6) is 0 Å². The van der Waals surface area contributed by atoms with Crippen LogP contribution < -0.4 is 5.32 Å². The summed E-state index contributed by atoms with van der Waals surface area (Å²) in [5, 5.41) is 3.94. The molecule has 0 fully saturated rings.